The van der Waals surface area contributed by atoms with Crippen LogP contribution in [0, 0.1) is 0 Å². The van der Waals surface area contributed by atoms with Gasteiger partial charge in [-0.3, -0.25) is 17.5 Å². The molecule has 0 spiro atoms. The van der Waals surface area contributed by atoms with Crippen LogP contribution in [0.3, 0.4) is 0 Å². The van der Waals surface area contributed by atoms with E-state index in [0.29, 0.717) is 5.41 Å². The molecule has 0 atom stereocenters. The number of allylic oxidation sites excluding steroid dienone is 1. The van der Waals surface area contributed by atoms with Crippen molar-refractivity contribution in [3.05, 3.63) is 11.5 Å². The molecule has 0 aliphatic carbocycles. The molecule has 0 saturated carbocycles. The molecular weight excluding hydrogens is 308 g/mol. The van der Waals surface area contributed by atoms with Gasteiger partial charge < -0.3 is 31.6 Å². The van der Waals surface area contributed by atoms with Crippen molar-refractivity contribution in [1.82, 2.24) is 0 Å². The Morgan fingerprint density at radius 2 is 1.05 bits per heavy atom. The van der Waals surface area contributed by atoms with Crippen LogP contribution < -0.4 is 18.9 Å². The molecule has 0 heterocycles. The molecule has 0 radical (unpaired) electrons. The molecule has 0 aromatic carbocycles. The molecule has 0 aromatic rings. The third-order valence-corrected chi connectivity index (χ3v) is 0.924. The Hall–Kier alpha value is -0.00779. The molecule has 0 saturated heterocycles. The molecule has 7 N–H and O–H groups in total. The summed E-state index contributed by atoms with van der Waals surface area (Å²) in [6.07, 6.45) is 1.25. The zero-order valence-corrected chi connectivity index (χ0v) is 11.2. The first kappa shape index (κ1) is 32.1. The van der Waals surface area contributed by atoms with E-state index in [4.69, 9.17) is 34.7 Å². The van der Waals surface area contributed by atoms with E-state index in [0.717, 1.165) is 0 Å². The molecule has 17 heteroatoms. The summed E-state index contributed by atoms with van der Waals surface area (Å²) in [6, 6.07) is 0. The second-order valence-electron chi connectivity index (χ2n) is 1.92. The van der Waals surface area contributed by atoms with Gasteiger partial charge in [0.1, 0.15) is 0 Å². The van der Waals surface area contributed by atoms with E-state index in [9.17, 15) is 21.4 Å². The van der Waals surface area contributed by atoms with Crippen molar-refractivity contribution < 1.29 is 76.3 Å². The van der Waals surface area contributed by atoms with Crippen LogP contribution in [-0.4, -0.2) is 65.3 Å². The van der Waals surface area contributed by atoms with Gasteiger partial charge in [0, 0.05) is 0 Å². The average Bonchev–Trinajstić information content (AvgIpc) is 1.96. The van der Waals surface area contributed by atoms with E-state index in [1.54, 1.807) is 0 Å². The first-order valence-corrected chi connectivity index (χ1v) is 5.37. The Bertz CT molecular complexity index is 273. The van der Waals surface area contributed by atoms with E-state index in [2.05, 4.69) is 0 Å². The summed E-state index contributed by atoms with van der Waals surface area (Å²) in [6.45, 7) is 1.51. The van der Waals surface area contributed by atoms with E-state index in [1.165, 1.54) is 13.0 Å². The van der Waals surface area contributed by atoms with Crippen LogP contribution in [0.1, 0.15) is 8.35 Å². The normalized spacial score (nSPS) is 8.55. The summed E-state index contributed by atoms with van der Waals surface area (Å²) in [5.74, 6) is 0. The Kier molecular flexibility index (Phi) is 34.2. The topological polar surface area (TPSA) is 176 Å². The minimum absolute atomic E-state index is 0. The standard InChI is InChI=1S/C3H6O3S.3BFH2O2.Li.H/c1-2-3-7(4,5)6;3*2-1(3)4;;/h2-3H,1H3,(H,4,5,6);3*3-4H;;/q;;;;+1;-1/b3-2-;;;;;. The second-order valence-corrected chi connectivity index (χ2v) is 3.22. The van der Waals surface area contributed by atoms with Crippen molar-refractivity contribution in [1.29, 1.82) is 0 Å². The summed E-state index contributed by atoms with van der Waals surface area (Å²) >= 11 is 0. The zero-order valence-electron chi connectivity index (χ0n) is 11.4. The maximum absolute atomic E-state index is 10.1. The molecule has 0 rings (SSSR count). The Morgan fingerprint density at radius 3 is 1.05 bits per heavy atom. The minimum atomic E-state index is -3.85. The van der Waals surface area contributed by atoms with Crippen LogP contribution >= 0.6 is 0 Å². The summed E-state index contributed by atoms with van der Waals surface area (Å²) in [4.78, 5) is 0. The third kappa shape index (κ3) is 326. The van der Waals surface area contributed by atoms with E-state index < -0.39 is 32.3 Å². The Morgan fingerprint density at radius 1 is 0.900 bits per heavy atom. The van der Waals surface area contributed by atoms with Gasteiger partial charge in [-0.1, -0.05) is 6.08 Å². The van der Waals surface area contributed by atoms with Gasteiger partial charge in [0.25, 0.3) is 10.1 Å². The Balaban J connectivity index is -0.0000000359. The third-order valence-electron chi connectivity index (χ3n) is 0.308. The molecule has 0 bridgehead atoms. The SMILES string of the molecule is C/C=C\S(=O)(=O)O.OB(O)F.OB(O)F.OB(O)F.[H-].[Li+]. The van der Waals surface area contributed by atoms with E-state index in [1.807, 2.05) is 0 Å². The van der Waals surface area contributed by atoms with Gasteiger partial charge in [-0.25, -0.2) is 0 Å². The number of hydrogen-bond acceptors (Lipinski definition) is 8. The van der Waals surface area contributed by atoms with Crippen LogP contribution in [0.15, 0.2) is 11.5 Å². The average molecular weight is 322 g/mol. The fourth-order valence-electron chi connectivity index (χ4n) is 0.172. The van der Waals surface area contributed by atoms with Crippen molar-refractivity contribution in [2.24, 2.45) is 0 Å². The summed E-state index contributed by atoms with van der Waals surface area (Å²) in [5.41, 5.74) is 0. The monoisotopic (exact) mass is 322 g/mol. The van der Waals surface area contributed by atoms with Gasteiger partial charge in [0.05, 0.1) is 5.41 Å². The molecule has 0 aromatic heterocycles. The van der Waals surface area contributed by atoms with Gasteiger partial charge >= 0.3 is 41.0 Å². The van der Waals surface area contributed by atoms with Crippen molar-refractivity contribution in [2.75, 3.05) is 0 Å². The fraction of sp³-hybridized carbons (Fsp3) is 0.333. The predicted molar refractivity (Wildman–Crippen MR) is 61.4 cm³/mol. The van der Waals surface area contributed by atoms with Crippen molar-refractivity contribution >= 4 is 32.3 Å². The van der Waals surface area contributed by atoms with Gasteiger partial charge in [-0.05, 0) is 6.92 Å². The molecule has 20 heavy (non-hydrogen) atoms. The smallest absolute Gasteiger partial charge is 1.00 e. The largest absolute Gasteiger partial charge is 1.00 e. The second kappa shape index (κ2) is 21.3. The molecule has 0 aliphatic heterocycles. The van der Waals surface area contributed by atoms with Gasteiger partial charge in [0.2, 0.25) is 0 Å². The van der Waals surface area contributed by atoms with Crippen molar-refractivity contribution in [3.8, 4) is 0 Å². The molecule has 0 fully saturated rings. The summed E-state index contributed by atoms with van der Waals surface area (Å²) < 4.78 is 57.6. The summed E-state index contributed by atoms with van der Waals surface area (Å²) in [7, 11) is -11.9. The van der Waals surface area contributed by atoms with Crippen molar-refractivity contribution in [3.63, 3.8) is 0 Å². The maximum Gasteiger partial charge on any atom is 1.00 e. The van der Waals surface area contributed by atoms with Crippen molar-refractivity contribution in [2.45, 2.75) is 6.92 Å². The van der Waals surface area contributed by atoms with Crippen LogP contribution in [0.2, 0.25) is 0 Å². The van der Waals surface area contributed by atoms with Gasteiger partial charge in [0.15, 0.2) is 0 Å². The van der Waals surface area contributed by atoms with Crippen LogP contribution in [0.25, 0.3) is 0 Å². The fourth-order valence-corrected chi connectivity index (χ4v) is 0.516. The van der Waals surface area contributed by atoms with Gasteiger partial charge in [-0.15, -0.1) is 0 Å². The molecular formula is C3H13B3F3LiO9S. The number of rotatable bonds is 1. The molecule has 0 aliphatic rings. The minimum Gasteiger partial charge on any atom is -1.00 e. The zero-order chi connectivity index (χ0) is 16.6. The van der Waals surface area contributed by atoms with Crippen LogP contribution in [0.5, 0.6) is 0 Å². The predicted octanol–water partition coefficient (Wildman–Crippen LogP) is -5.70. The van der Waals surface area contributed by atoms with Crippen LogP contribution in [0.4, 0.5) is 12.9 Å². The first-order valence-electron chi connectivity index (χ1n) is 3.87. The quantitative estimate of drug-likeness (QED) is 0.183. The molecule has 116 valence electrons. The van der Waals surface area contributed by atoms with Gasteiger partial charge in [-0.2, -0.15) is 8.42 Å². The number of halogens is 3. The Labute approximate surface area is 127 Å². The maximum atomic E-state index is 10.1. The van der Waals surface area contributed by atoms with E-state index >= 15 is 0 Å². The van der Waals surface area contributed by atoms with E-state index in [-0.39, 0.29) is 20.3 Å². The van der Waals surface area contributed by atoms with Crippen LogP contribution in [-0.2, 0) is 10.1 Å². The first-order chi connectivity index (χ1) is 8.26. The molecule has 0 amide bonds. The molecule has 0 unspecified atom stereocenters. The molecule has 9 nitrogen and oxygen atoms in total. The summed E-state index contributed by atoms with van der Waals surface area (Å²) in [5, 5.41) is 42.4. The number of hydrogen-bond donors (Lipinski definition) is 7.